The summed E-state index contributed by atoms with van der Waals surface area (Å²) in [5.74, 6) is 0. The first-order valence-corrected chi connectivity index (χ1v) is 7.85. The number of rotatable bonds is 4. The summed E-state index contributed by atoms with van der Waals surface area (Å²) in [6.07, 6.45) is 2.01. The van der Waals surface area contributed by atoms with Gasteiger partial charge in [-0.25, -0.2) is 0 Å². The Balaban J connectivity index is 1.94. The van der Waals surface area contributed by atoms with Crippen LogP contribution in [0.25, 0.3) is 11.1 Å². The van der Waals surface area contributed by atoms with E-state index in [0.717, 1.165) is 0 Å². The summed E-state index contributed by atoms with van der Waals surface area (Å²) in [4.78, 5) is 0. The van der Waals surface area contributed by atoms with Crippen LogP contribution in [0.2, 0.25) is 0 Å². The molecule has 3 aromatic carbocycles. The monoisotopic (exact) mass is 295 g/mol. The van der Waals surface area contributed by atoms with Gasteiger partial charge in [0.2, 0.25) is 0 Å². The van der Waals surface area contributed by atoms with Crippen LogP contribution in [0.15, 0.2) is 104 Å². The fraction of sp³-hybridized carbons (Fsp3) is 0.0435. The van der Waals surface area contributed by atoms with Crippen LogP contribution in [0, 0.1) is 0 Å². The molecule has 0 heterocycles. The molecule has 0 radical (unpaired) electrons. The summed E-state index contributed by atoms with van der Waals surface area (Å²) in [6.45, 7) is 1.42. The molecule has 1 aliphatic rings. The van der Waals surface area contributed by atoms with E-state index < -0.39 is 0 Å². The van der Waals surface area contributed by atoms with E-state index in [2.05, 4.69) is 72.8 Å². The van der Waals surface area contributed by atoms with Crippen molar-refractivity contribution >= 4 is 11.1 Å². The topological polar surface area (TPSA) is 0 Å². The van der Waals surface area contributed by atoms with Crippen LogP contribution in [0.5, 0.6) is 0 Å². The molecule has 0 nitrogen and oxygen atoms in total. The molecule has 0 saturated carbocycles. The maximum atomic E-state index is 7.75. The molecule has 0 fully saturated rings. The molecular formula is C23H18. The first-order chi connectivity index (χ1) is 11.9. The third kappa shape index (κ3) is 2.07. The lowest BCUT2D eigenvalue weighted by molar-refractivity contribution is 1.01. The summed E-state index contributed by atoms with van der Waals surface area (Å²) in [5.41, 5.74) is 5.95. The molecule has 0 amide bonds. The molecule has 0 aromatic heterocycles. The van der Waals surface area contributed by atoms with E-state index in [9.17, 15) is 0 Å². The molecule has 0 N–H and O–H groups in total. The summed E-state index contributed by atoms with van der Waals surface area (Å²) in [5, 5.41) is 0. The van der Waals surface area contributed by atoms with Crippen molar-refractivity contribution in [3.63, 3.8) is 0 Å². The van der Waals surface area contributed by atoms with Crippen molar-refractivity contribution in [1.82, 2.24) is 0 Å². The molecule has 23 heavy (non-hydrogen) atoms. The van der Waals surface area contributed by atoms with Crippen LogP contribution >= 0.6 is 0 Å². The van der Waals surface area contributed by atoms with Crippen molar-refractivity contribution in [3.8, 4) is 0 Å². The SMILES string of the molecule is [2H]C=CC1(c2ccccc2)C(c2ccccc2)=C1c1ccccc1. The van der Waals surface area contributed by atoms with Gasteiger partial charge in [0, 0.05) is 0 Å². The standard InChI is InChI=1S/C23H18/c1-2-23(20-16-10-5-11-17-20)21(18-12-6-3-7-13-18)22(23)19-14-8-4-9-15-19/h2-17H,1H2/i1D. The third-order valence-corrected chi connectivity index (χ3v) is 4.58. The van der Waals surface area contributed by atoms with Gasteiger partial charge in [0.05, 0.1) is 6.79 Å². The van der Waals surface area contributed by atoms with Crippen LogP contribution in [0.1, 0.15) is 18.1 Å². The zero-order valence-electron chi connectivity index (χ0n) is 13.8. The molecular weight excluding hydrogens is 276 g/mol. The number of hydrogen-bond acceptors (Lipinski definition) is 0. The Kier molecular flexibility index (Phi) is 2.97. The van der Waals surface area contributed by atoms with Gasteiger partial charge in [-0.05, 0) is 27.8 Å². The van der Waals surface area contributed by atoms with Crippen LogP contribution < -0.4 is 0 Å². The molecule has 3 aromatic rings. The second kappa shape index (κ2) is 5.40. The van der Waals surface area contributed by atoms with E-state index in [1.807, 2.05) is 24.3 Å². The van der Waals surface area contributed by atoms with E-state index >= 15 is 0 Å². The quantitative estimate of drug-likeness (QED) is 0.539. The minimum Gasteiger partial charge on any atom is -0.102 e. The highest BCUT2D eigenvalue weighted by molar-refractivity contribution is 6.20. The Morgan fingerprint density at radius 3 is 1.52 bits per heavy atom. The van der Waals surface area contributed by atoms with Gasteiger partial charge in [-0.2, -0.15) is 0 Å². The lowest BCUT2D eigenvalue weighted by Crippen LogP contribution is -2.09. The van der Waals surface area contributed by atoms with Crippen molar-refractivity contribution in [1.29, 1.82) is 0 Å². The molecule has 0 aliphatic heterocycles. The predicted octanol–water partition coefficient (Wildman–Crippen LogP) is 5.74. The third-order valence-electron chi connectivity index (χ3n) is 4.58. The van der Waals surface area contributed by atoms with Gasteiger partial charge in [0.1, 0.15) is 0 Å². The molecule has 0 spiro atoms. The number of allylic oxidation sites excluding steroid dienone is 3. The fourth-order valence-corrected chi connectivity index (χ4v) is 3.50. The normalized spacial score (nSPS) is 16.4. The molecule has 110 valence electrons. The predicted molar refractivity (Wildman–Crippen MR) is 98.0 cm³/mol. The average Bonchev–Trinajstić information content (AvgIpc) is 3.34. The molecule has 0 heteroatoms. The van der Waals surface area contributed by atoms with Gasteiger partial charge in [-0.15, -0.1) is 6.55 Å². The Bertz CT molecular complexity index is 841. The van der Waals surface area contributed by atoms with E-state index in [0.29, 0.717) is 0 Å². The van der Waals surface area contributed by atoms with Gasteiger partial charge in [-0.1, -0.05) is 97.1 Å². The van der Waals surface area contributed by atoms with Crippen molar-refractivity contribution in [2.45, 2.75) is 5.41 Å². The van der Waals surface area contributed by atoms with Crippen LogP contribution in [-0.4, -0.2) is 0 Å². The molecule has 0 bridgehead atoms. The lowest BCUT2D eigenvalue weighted by atomic mass is 9.85. The average molecular weight is 295 g/mol. The lowest BCUT2D eigenvalue weighted by Gasteiger charge is -2.17. The smallest absolute Gasteiger partial charge is 0.0648 e. The van der Waals surface area contributed by atoms with Crippen LogP contribution in [0.3, 0.4) is 0 Å². The van der Waals surface area contributed by atoms with Gasteiger partial charge >= 0.3 is 0 Å². The Morgan fingerprint density at radius 1 is 0.652 bits per heavy atom. The van der Waals surface area contributed by atoms with E-state index in [1.54, 1.807) is 0 Å². The maximum absolute atomic E-state index is 7.75. The molecule has 1 aliphatic carbocycles. The highest BCUT2D eigenvalue weighted by Crippen LogP contribution is 2.65. The Morgan fingerprint density at radius 2 is 1.09 bits per heavy atom. The fourth-order valence-electron chi connectivity index (χ4n) is 3.50. The largest absolute Gasteiger partial charge is 0.102 e. The highest BCUT2D eigenvalue weighted by Gasteiger charge is 2.52. The zero-order valence-corrected chi connectivity index (χ0v) is 12.8. The number of benzene rings is 3. The van der Waals surface area contributed by atoms with Gasteiger partial charge in [-0.3, -0.25) is 0 Å². The molecule has 0 saturated heterocycles. The first kappa shape index (κ1) is 12.7. The number of hydrogen-bond donors (Lipinski definition) is 0. The Labute approximate surface area is 138 Å². The first-order valence-electron chi connectivity index (χ1n) is 8.43. The Hall–Kier alpha value is -2.86. The van der Waals surface area contributed by atoms with Gasteiger partial charge in [0.15, 0.2) is 0 Å². The van der Waals surface area contributed by atoms with E-state index in [-0.39, 0.29) is 5.41 Å². The van der Waals surface area contributed by atoms with Gasteiger partial charge in [0.25, 0.3) is 0 Å². The summed E-state index contributed by atoms with van der Waals surface area (Å²) in [6, 6.07) is 31.5. The summed E-state index contributed by atoms with van der Waals surface area (Å²) in [7, 11) is 0. The van der Waals surface area contributed by atoms with Crippen molar-refractivity contribution in [2.24, 2.45) is 0 Å². The van der Waals surface area contributed by atoms with Crippen molar-refractivity contribution in [2.75, 3.05) is 0 Å². The second-order valence-corrected chi connectivity index (χ2v) is 5.82. The van der Waals surface area contributed by atoms with E-state index in [4.69, 9.17) is 1.37 Å². The highest BCUT2D eigenvalue weighted by atomic mass is 14.5. The molecule has 0 unspecified atom stereocenters. The van der Waals surface area contributed by atoms with Crippen LogP contribution in [0.4, 0.5) is 0 Å². The second-order valence-electron chi connectivity index (χ2n) is 5.82. The van der Waals surface area contributed by atoms with Gasteiger partial charge < -0.3 is 0 Å². The summed E-state index contributed by atoms with van der Waals surface area (Å²) >= 11 is 0. The van der Waals surface area contributed by atoms with Crippen molar-refractivity contribution < 1.29 is 1.37 Å². The van der Waals surface area contributed by atoms with E-state index in [1.165, 1.54) is 34.4 Å². The molecule has 4 rings (SSSR count). The van der Waals surface area contributed by atoms with Crippen molar-refractivity contribution in [3.05, 3.63) is 120 Å². The summed E-state index contributed by atoms with van der Waals surface area (Å²) < 4.78 is 7.75. The minimum absolute atomic E-state index is 0.300. The maximum Gasteiger partial charge on any atom is 0.0648 e. The molecule has 0 atom stereocenters. The van der Waals surface area contributed by atoms with Crippen LogP contribution in [-0.2, 0) is 5.41 Å². The zero-order chi connectivity index (χ0) is 16.4. The minimum atomic E-state index is -0.300.